The second-order valence-corrected chi connectivity index (χ2v) is 7.81. The molecular formula is C9H11N5O4S3. The van der Waals surface area contributed by atoms with Crippen molar-refractivity contribution in [1.82, 2.24) is 9.71 Å². The van der Waals surface area contributed by atoms with Gasteiger partial charge in [-0.05, 0) is 6.92 Å². The molecule has 12 heteroatoms. The third kappa shape index (κ3) is 3.36. The molecule has 0 spiro atoms. The molecule has 21 heavy (non-hydrogen) atoms. The fourth-order valence-corrected chi connectivity index (χ4v) is 4.70. The van der Waals surface area contributed by atoms with Gasteiger partial charge in [-0.25, -0.2) is 24.0 Å². The zero-order chi connectivity index (χ0) is 15.6. The fraction of sp³-hybridized carbons (Fsp3) is 0.222. The van der Waals surface area contributed by atoms with Crippen molar-refractivity contribution in [2.45, 2.75) is 17.2 Å². The Morgan fingerprint density at radius 2 is 2.24 bits per heavy atom. The van der Waals surface area contributed by atoms with Crippen molar-refractivity contribution in [1.29, 1.82) is 0 Å². The highest BCUT2D eigenvalue weighted by molar-refractivity contribution is 7.91. The van der Waals surface area contributed by atoms with Crippen molar-refractivity contribution in [2.24, 2.45) is 5.84 Å². The van der Waals surface area contributed by atoms with Gasteiger partial charge in [0.05, 0.1) is 11.0 Å². The standard InChI is InChI=1S/C9H11N5O4S3/c1-5(8-11-2-3-19-8)13-21(17,18)7-4-6(14(15)16)9(12-10)20-7/h2-5,12-13H,10H2,1H3. The average Bonchev–Trinajstić information content (AvgIpc) is 3.07. The van der Waals surface area contributed by atoms with Gasteiger partial charge in [0, 0.05) is 17.6 Å². The lowest BCUT2D eigenvalue weighted by molar-refractivity contribution is -0.383. The van der Waals surface area contributed by atoms with Gasteiger partial charge in [-0.2, -0.15) is 0 Å². The summed E-state index contributed by atoms with van der Waals surface area (Å²) in [5.41, 5.74) is 1.74. The fourth-order valence-electron chi connectivity index (χ4n) is 1.52. The molecular weight excluding hydrogens is 338 g/mol. The van der Waals surface area contributed by atoms with Crippen LogP contribution in [0.2, 0.25) is 0 Å². The van der Waals surface area contributed by atoms with E-state index in [4.69, 9.17) is 5.84 Å². The molecule has 2 heterocycles. The van der Waals surface area contributed by atoms with Crippen LogP contribution in [-0.2, 0) is 10.0 Å². The maximum atomic E-state index is 12.2. The van der Waals surface area contributed by atoms with Gasteiger partial charge in [0.2, 0.25) is 0 Å². The first-order valence-corrected chi connectivity index (χ1v) is 8.69. The molecule has 0 aliphatic heterocycles. The van der Waals surface area contributed by atoms with Crippen molar-refractivity contribution in [3.63, 3.8) is 0 Å². The van der Waals surface area contributed by atoms with Gasteiger partial charge in [-0.3, -0.25) is 10.1 Å². The van der Waals surface area contributed by atoms with E-state index in [1.807, 2.05) is 0 Å². The molecule has 2 aromatic heterocycles. The van der Waals surface area contributed by atoms with Crippen molar-refractivity contribution >= 4 is 43.4 Å². The van der Waals surface area contributed by atoms with E-state index in [0.717, 1.165) is 6.07 Å². The van der Waals surface area contributed by atoms with Gasteiger partial charge in [0.1, 0.15) is 9.22 Å². The predicted molar refractivity (Wildman–Crippen MR) is 79.6 cm³/mol. The first-order chi connectivity index (χ1) is 9.85. The second kappa shape index (κ2) is 6.03. The molecule has 0 bridgehead atoms. The van der Waals surface area contributed by atoms with E-state index < -0.39 is 21.0 Å². The maximum Gasteiger partial charge on any atom is 0.306 e. The molecule has 9 nitrogen and oxygen atoms in total. The SMILES string of the molecule is CC(NS(=O)(=O)c1cc([N+](=O)[O-])c(NN)s1)c1nccs1. The summed E-state index contributed by atoms with van der Waals surface area (Å²) in [4.78, 5) is 14.1. The van der Waals surface area contributed by atoms with Crippen LogP contribution in [0.15, 0.2) is 21.9 Å². The van der Waals surface area contributed by atoms with Gasteiger partial charge < -0.3 is 5.43 Å². The molecule has 0 saturated heterocycles. The third-order valence-corrected chi connectivity index (χ3v) is 6.46. The number of thiophene rings is 1. The molecule has 114 valence electrons. The summed E-state index contributed by atoms with van der Waals surface area (Å²) in [6.07, 6.45) is 1.57. The van der Waals surface area contributed by atoms with Crippen LogP contribution in [0.4, 0.5) is 10.7 Å². The van der Waals surface area contributed by atoms with Crippen molar-refractivity contribution < 1.29 is 13.3 Å². The highest BCUT2D eigenvalue weighted by Crippen LogP contribution is 2.36. The average molecular weight is 349 g/mol. The molecule has 2 rings (SSSR count). The normalized spacial score (nSPS) is 13.0. The van der Waals surface area contributed by atoms with Gasteiger partial charge in [-0.1, -0.05) is 11.3 Å². The van der Waals surface area contributed by atoms with Crippen LogP contribution in [0.1, 0.15) is 18.0 Å². The predicted octanol–water partition coefficient (Wildman–Crippen LogP) is 1.44. The summed E-state index contributed by atoms with van der Waals surface area (Å²) in [5.74, 6) is 5.16. The van der Waals surface area contributed by atoms with E-state index in [-0.39, 0.29) is 14.9 Å². The minimum atomic E-state index is -3.90. The summed E-state index contributed by atoms with van der Waals surface area (Å²) < 4.78 is 26.7. The van der Waals surface area contributed by atoms with Crippen LogP contribution in [0.25, 0.3) is 0 Å². The molecule has 0 aliphatic carbocycles. The molecule has 0 aromatic carbocycles. The Kier molecular flexibility index (Phi) is 4.53. The van der Waals surface area contributed by atoms with Crippen LogP contribution in [-0.4, -0.2) is 18.3 Å². The molecule has 0 amide bonds. The Morgan fingerprint density at radius 3 is 2.71 bits per heavy atom. The topological polar surface area (TPSA) is 140 Å². The first kappa shape index (κ1) is 15.8. The quantitative estimate of drug-likeness (QED) is 0.407. The Hall–Kier alpha value is -1.60. The molecule has 4 N–H and O–H groups in total. The Labute approximate surface area is 128 Å². The number of anilines is 1. The number of nitrogens with two attached hydrogens (primary N) is 1. The number of nitrogens with one attached hydrogen (secondary N) is 2. The molecule has 0 fully saturated rings. The number of sulfonamides is 1. The van der Waals surface area contributed by atoms with Gasteiger partial charge in [0.25, 0.3) is 10.0 Å². The van der Waals surface area contributed by atoms with Crippen molar-refractivity contribution in [3.05, 3.63) is 32.8 Å². The maximum absolute atomic E-state index is 12.2. The summed E-state index contributed by atoms with van der Waals surface area (Å²) in [6.45, 7) is 1.64. The smallest absolute Gasteiger partial charge is 0.306 e. The number of hydrogen-bond donors (Lipinski definition) is 3. The summed E-state index contributed by atoms with van der Waals surface area (Å²) >= 11 is 2.00. The van der Waals surface area contributed by atoms with Crippen LogP contribution in [0.5, 0.6) is 0 Å². The molecule has 1 atom stereocenters. The van der Waals surface area contributed by atoms with E-state index in [1.165, 1.54) is 11.3 Å². The second-order valence-electron chi connectivity index (χ2n) is 3.89. The molecule has 0 radical (unpaired) electrons. The molecule has 0 aliphatic rings. The molecule has 1 unspecified atom stereocenters. The monoisotopic (exact) mass is 349 g/mol. The summed E-state index contributed by atoms with van der Waals surface area (Å²) in [7, 11) is -3.90. The minimum Gasteiger partial charge on any atom is -0.310 e. The van der Waals surface area contributed by atoms with Crippen LogP contribution in [0, 0.1) is 10.1 Å². The third-order valence-electron chi connectivity index (χ3n) is 2.44. The number of hydrazine groups is 1. The van der Waals surface area contributed by atoms with Crippen LogP contribution >= 0.6 is 22.7 Å². The molecule has 2 aromatic rings. The first-order valence-electron chi connectivity index (χ1n) is 5.51. The van der Waals surface area contributed by atoms with Gasteiger partial charge >= 0.3 is 5.69 Å². The highest BCUT2D eigenvalue weighted by atomic mass is 32.2. The Bertz CT molecular complexity index is 740. The van der Waals surface area contributed by atoms with Crippen LogP contribution in [0.3, 0.4) is 0 Å². The lowest BCUT2D eigenvalue weighted by Crippen LogP contribution is -2.26. The van der Waals surface area contributed by atoms with E-state index in [0.29, 0.717) is 16.3 Å². The summed E-state index contributed by atoms with van der Waals surface area (Å²) in [6, 6.07) is 0.432. The Morgan fingerprint density at radius 1 is 1.52 bits per heavy atom. The molecule has 0 saturated carbocycles. The van der Waals surface area contributed by atoms with E-state index in [2.05, 4.69) is 15.1 Å². The summed E-state index contributed by atoms with van der Waals surface area (Å²) in [5, 5.41) is 13.1. The zero-order valence-electron chi connectivity index (χ0n) is 10.6. The number of aromatic nitrogens is 1. The van der Waals surface area contributed by atoms with E-state index in [1.54, 1.807) is 18.5 Å². The number of hydrogen-bond acceptors (Lipinski definition) is 9. The largest absolute Gasteiger partial charge is 0.310 e. The minimum absolute atomic E-state index is 0.0257. The highest BCUT2D eigenvalue weighted by Gasteiger charge is 2.27. The van der Waals surface area contributed by atoms with Crippen molar-refractivity contribution in [3.8, 4) is 0 Å². The van der Waals surface area contributed by atoms with Gasteiger partial charge in [0.15, 0.2) is 5.00 Å². The van der Waals surface area contributed by atoms with Crippen LogP contribution < -0.4 is 16.0 Å². The lowest BCUT2D eigenvalue weighted by Gasteiger charge is -2.10. The van der Waals surface area contributed by atoms with Crippen molar-refractivity contribution in [2.75, 3.05) is 5.43 Å². The number of nitrogen functional groups attached to an aromatic ring is 1. The number of thiazole rings is 1. The number of nitrogens with zero attached hydrogens (tertiary/aromatic N) is 2. The lowest BCUT2D eigenvalue weighted by atomic mass is 10.4. The van der Waals surface area contributed by atoms with E-state index in [9.17, 15) is 18.5 Å². The number of rotatable bonds is 6. The van der Waals surface area contributed by atoms with E-state index >= 15 is 0 Å². The Balaban J connectivity index is 2.29. The number of nitro groups is 1. The van der Waals surface area contributed by atoms with Gasteiger partial charge in [-0.15, -0.1) is 11.3 Å². The zero-order valence-corrected chi connectivity index (χ0v) is 13.1.